The number of halogens is 1. The number of carboxylic acid groups (broad SMARTS) is 1. The first kappa shape index (κ1) is 18.2. The topological polar surface area (TPSA) is 95.5 Å². The third-order valence-corrected chi connectivity index (χ3v) is 5.72. The lowest BCUT2D eigenvalue weighted by atomic mass is 9.96. The lowest BCUT2D eigenvalue weighted by Crippen LogP contribution is -2.38. The van der Waals surface area contributed by atoms with E-state index in [2.05, 4.69) is 10.0 Å². The lowest BCUT2D eigenvalue weighted by Gasteiger charge is -2.22. The molecule has 8 heteroatoms. The van der Waals surface area contributed by atoms with E-state index in [0.29, 0.717) is 12.6 Å². The summed E-state index contributed by atoms with van der Waals surface area (Å²) in [5.41, 5.74) is -0.227. The van der Waals surface area contributed by atoms with Gasteiger partial charge >= 0.3 is 5.97 Å². The van der Waals surface area contributed by atoms with E-state index in [-0.39, 0.29) is 22.0 Å². The van der Waals surface area contributed by atoms with Crippen molar-refractivity contribution < 1.29 is 18.3 Å². The number of rotatable bonds is 7. The van der Waals surface area contributed by atoms with Gasteiger partial charge < -0.3 is 10.4 Å². The van der Waals surface area contributed by atoms with Crippen molar-refractivity contribution in [1.82, 2.24) is 10.0 Å². The Bertz CT molecular complexity index is 657. The number of carboxylic acids is 1. The predicted molar refractivity (Wildman–Crippen MR) is 88.5 cm³/mol. The highest BCUT2D eigenvalue weighted by Crippen LogP contribution is 2.20. The Balaban J connectivity index is 1.91. The number of sulfonamides is 1. The zero-order chi connectivity index (χ0) is 16.9. The molecule has 128 valence electrons. The normalized spacial score (nSPS) is 16.4. The van der Waals surface area contributed by atoms with Crippen molar-refractivity contribution in [1.29, 1.82) is 0 Å². The summed E-state index contributed by atoms with van der Waals surface area (Å²) < 4.78 is 26.9. The Kier molecular flexibility index (Phi) is 6.41. The molecular weight excluding hydrogens is 340 g/mol. The molecule has 0 bridgehead atoms. The zero-order valence-corrected chi connectivity index (χ0v) is 14.3. The molecule has 0 amide bonds. The highest BCUT2D eigenvalue weighted by molar-refractivity contribution is 7.89. The maximum atomic E-state index is 12.2. The average Bonchev–Trinajstić information content (AvgIpc) is 2.52. The van der Waals surface area contributed by atoms with Crippen molar-refractivity contribution >= 4 is 27.6 Å². The summed E-state index contributed by atoms with van der Waals surface area (Å²) in [6, 6.07) is 4.11. The molecule has 0 heterocycles. The minimum atomic E-state index is -3.75. The van der Waals surface area contributed by atoms with Crippen LogP contribution in [-0.2, 0) is 10.0 Å². The number of hydrogen-bond donors (Lipinski definition) is 3. The Morgan fingerprint density at radius 3 is 2.57 bits per heavy atom. The van der Waals surface area contributed by atoms with E-state index in [9.17, 15) is 13.2 Å². The highest BCUT2D eigenvalue weighted by atomic mass is 35.5. The molecule has 1 saturated carbocycles. The standard InChI is InChI=1S/C15H21ClN2O4S/c16-14-7-6-12(10-13(14)15(19)20)23(21,22)18-9-8-17-11-4-2-1-3-5-11/h6-7,10-11,17-18H,1-5,8-9H2,(H,19,20). The summed E-state index contributed by atoms with van der Waals surface area (Å²) >= 11 is 5.75. The Morgan fingerprint density at radius 2 is 1.91 bits per heavy atom. The summed E-state index contributed by atoms with van der Waals surface area (Å²) in [5.74, 6) is -1.26. The van der Waals surface area contributed by atoms with Crippen LogP contribution in [0.15, 0.2) is 23.1 Å². The maximum absolute atomic E-state index is 12.2. The first-order chi connectivity index (χ1) is 10.9. The van der Waals surface area contributed by atoms with Crippen LogP contribution < -0.4 is 10.0 Å². The Morgan fingerprint density at radius 1 is 1.22 bits per heavy atom. The fraction of sp³-hybridized carbons (Fsp3) is 0.533. The number of hydrogen-bond acceptors (Lipinski definition) is 4. The van der Waals surface area contributed by atoms with Crippen molar-refractivity contribution in [3.8, 4) is 0 Å². The van der Waals surface area contributed by atoms with E-state index in [1.165, 1.54) is 31.4 Å². The smallest absolute Gasteiger partial charge is 0.337 e. The SMILES string of the molecule is O=C(O)c1cc(S(=O)(=O)NCCNC2CCCCC2)ccc1Cl. The molecule has 1 aliphatic carbocycles. The fourth-order valence-electron chi connectivity index (χ4n) is 2.69. The summed E-state index contributed by atoms with van der Waals surface area (Å²) in [4.78, 5) is 10.9. The van der Waals surface area contributed by atoms with E-state index < -0.39 is 16.0 Å². The molecule has 0 saturated heterocycles. The molecule has 23 heavy (non-hydrogen) atoms. The number of benzene rings is 1. The quantitative estimate of drug-likeness (QED) is 0.648. The molecule has 0 radical (unpaired) electrons. The molecule has 1 aliphatic rings. The summed E-state index contributed by atoms with van der Waals surface area (Å²) in [5, 5.41) is 12.4. The first-order valence-corrected chi connectivity index (χ1v) is 9.52. The van der Waals surface area contributed by atoms with Crippen LogP contribution in [0.2, 0.25) is 5.02 Å². The van der Waals surface area contributed by atoms with Crippen LogP contribution in [-0.4, -0.2) is 38.6 Å². The summed E-state index contributed by atoms with van der Waals surface area (Å²) in [6.07, 6.45) is 5.96. The monoisotopic (exact) mass is 360 g/mol. The molecule has 2 rings (SSSR count). The highest BCUT2D eigenvalue weighted by Gasteiger charge is 2.18. The van der Waals surface area contributed by atoms with E-state index in [0.717, 1.165) is 18.9 Å². The second-order valence-corrected chi connectivity index (χ2v) is 7.81. The molecule has 0 spiro atoms. The second kappa shape index (κ2) is 8.10. The Labute approximate surface area is 141 Å². The number of aromatic carboxylic acids is 1. The average molecular weight is 361 g/mol. The van der Waals surface area contributed by atoms with Crippen LogP contribution >= 0.6 is 11.6 Å². The molecule has 6 nitrogen and oxygen atoms in total. The summed E-state index contributed by atoms with van der Waals surface area (Å²) in [7, 11) is -3.75. The molecule has 1 aromatic carbocycles. The van der Waals surface area contributed by atoms with Crippen LogP contribution in [0.1, 0.15) is 42.5 Å². The Hall–Kier alpha value is -1.15. The van der Waals surface area contributed by atoms with E-state index >= 15 is 0 Å². The van der Waals surface area contributed by atoms with Gasteiger partial charge in [-0.2, -0.15) is 0 Å². The van der Waals surface area contributed by atoms with Crippen molar-refractivity contribution in [3.05, 3.63) is 28.8 Å². The summed E-state index contributed by atoms with van der Waals surface area (Å²) in [6.45, 7) is 0.799. The molecule has 1 aromatic rings. The van der Waals surface area contributed by atoms with E-state index in [1.54, 1.807) is 0 Å². The molecule has 3 N–H and O–H groups in total. The van der Waals surface area contributed by atoms with Gasteiger partial charge in [0.2, 0.25) is 10.0 Å². The van der Waals surface area contributed by atoms with Crippen LogP contribution in [0.4, 0.5) is 0 Å². The number of carbonyl (C=O) groups is 1. The van der Waals surface area contributed by atoms with Gasteiger partial charge in [-0.15, -0.1) is 0 Å². The molecular formula is C15H21ClN2O4S. The molecule has 0 atom stereocenters. The predicted octanol–water partition coefficient (Wildman–Crippen LogP) is 2.24. The van der Waals surface area contributed by atoms with E-state index in [4.69, 9.17) is 16.7 Å². The van der Waals surface area contributed by atoms with Gasteiger partial charge in [-0.05, 0) is 31.0 Å². The van der Waals surface area contributed by atoms with Gasteiger partial charge in [0.15, 0.2) is 0 Å². The lowest BCUT2D eigenvalue weighted by molar-refractivity contribution is 0.0697. The molecule has 0 aromatic heterocycles. The van der Waals surface area contributed by atoms with E-state index in [1.807, 2.05) is 0 Å². The van der Waals surface area contributed by atoms with Gasteiger partial charge in [-0.3, -0.25) is 0 Å². The maximum Gasteiger partial charge on any atom is 0.337 e. The van der Waals surface area contributed by atoms with Crippen molar-refractivity contribution in [2.45, 2.75) is 43.0 Å². The van der Waals surface area contributed by atoms with Crippen molar-refractivity contribution in [2.24, 2.45) is 0 Å². The van der Waals surface area contributed by atoms with Gasteiger partial charge in [-0.25, -0.2) is 17.9 Å². The van der Waals surface area contributed by atoms with Crippen molar-refractivity contribution in [2.75, 3.05) is 13.1 Å². The largest absolute Gasteiger partial charge is 0.478 e. The zero-order valence-electron chi connectivity index (χ0n) is 12.7. The van der Waals surface area contributed by atoms with Crippen LogP contribution in [0.25, 0.3) is 0 Å². The number of nitrogens with one attached hydrogen (secondary N) is 2. The van der Waals surface area contributed by atoms with Crippen LogP contribution in [0.5, 0.6) is 0 Å². The molecule has 1 fully saturated rings. The minimum absolute atomic E-state index is 0.00964. The van der Waals surface area contributed by atoms with Gasteiger partial charge in [0, 0.05) is 19.1 Å². The van der Waals surface area contributed by atoms with Crippen LogP contribution in [0.3, 0.4) is 0 Å². The van der Waals surface area contributed by atoms with Gasteiger partial charge in [0.25, 0.3) is 0 Å². The second-order valence-electron chi connectivity index (χ2n) is 5.63. The third kappa shape index (κ3) is 5.17. The third-order valence-electron chi connectivity index (χ3n) is 3.93. The van der Waals surface area contributed by atoms with Gasteiger partial charge in [0.05, 0.1) is 15.5 Å². The minimum Gasteiger partial charge on any atom is -0.478 e. The van der Waals surface area contributed by atoms with Crippen molar-refractivity contribution in [3.63, 3.8) is 0 Å². The van der Waals surface area contributed by atoms with Gasteiger partial charge in [0.1, 0.15) is 0 Å². The van der Waals surface area contributed by atoms with Gasteiger partial charge in [-0.1, -0.05) is 30.9 Å². The van der Waals surface area contributed by atoms with Crippen LogP contribution in [0, 0.1) is 0 Å². The first-order valence-electron chi connectivity index (χ1n) is 7.66. The molecule has 0 aliphatic heterocycles. The molecule has 0 unspecified atom stereocenters. The fourth-order valence-corrected chi connectivity index (χ4v) is 3.94.